The van der Waals surface area contributed by atoms with Gasteiger partial charge in [-0.15, -0.1) is 5.10 Å². The van der Waals surface area contributed by atoms with Crippen molar-refractivity contribution in [1.82, 2.24) is 29.1 Å². The van der Waals surface area contributed by atoms with Crippen LogP contribution in [0, 0.1) is 0 Å². The number of rotatable bonds is 2. The molecule has 0 saturated heterocycles. The van der Waals surface area contributed by atoms with E-state index in [-0.39, 0.29) is 17.1 Å². The highest BCUT2D eigenvalue weighted by Gasteiger charge is 2.21. The number of hydrogen-bond donors (Lipinski definition) is 1. The van der Waals surface area contributed by atoms with Crippen molar-refractivity contribution in [2.75, 3.05) is 0 Å². The molecule has 0 aromatic carbocycles. The van der Waals surface area contributed by atoms with E-state index < -0.39 is 0 Å². The number of pyridine rings is 2. The lowest BCUT2D eigenvalue weighted by molar-refractivity contribution is 0.429. The van der Waals surface area contributed by atoms with Crippen LogP contribution in [-0.4, -0.2) is 34.2 Å². The van der Waals surface area contributed by atoms with Gasteiger partial charge in [0.25, 0.3) is 11.3 Å². The second kappa shape index (κ2) is 6.15. The van der Waals surface area contributed by atoms with Crippen molar-refractivity contribution in [3.05, 3.63) is 53.0 Å². The Bertz CT molecular complexity index is 1210. The molecule has 1 saturated carbocycles. The molecule has 0 amide bonds. The molecule has 27 heavy (non-hydrogen) atoms. The van der Waals surface area contributed by atoms with E-state index in [1.54, 1.807) is 22.8 Å². The van der Waals surface area contributed by atoms with Crippen LogP contribution in [-0.2, 0) is 0 Å². The summed E-state index contributed by atoms with van der Waals surface area (Å²) in [5.74, 6) is 1.79. The first-order chi connectivity index (χ1) is 13.2. The summed E-state index contributed by atoms with van der Waals surface area (Å²) >= 11 is 0. The quantitative estimate of drug-likeness (QED) is 0.588. The molecule has 1 aliphatic rings. The molecule has 1 fully saturated rings. The van der Waals surface area contributed by atoms with Gasteiger partial charge in [-0.2, -0.15) is 9.50 Å². The highest BCUT2D eigenvalue weighted by atomic mass is 16.3. The predicted octanol–water partition coefficient (Wildman–Crippen LogP) is 2.58. The van der Waals surface area contributed by atoms with Gasteiger partial charge in [-0.1, -0.05) is 19.3 Å². The van der Waals surface area contributed by atoms with Crippen molar-refractivity contribution in [2.45, 2.75) is 38.0 Å². The molecule has 4 heterocycles. The highest BCUT2D eigenvalue weighted by molar-refractivity contribution is 5.79. The summed E-state index contributed by atoms with van der Waals surface area (Å²) in [4.78, 5) is 26.0. The molecule has 0 spiro atoms. The summed E-state index contributed by atoms with van der Waals surface area (Å²) in [7, 11) is 0. The Labute approximate surface area is 154 Å². The molecule has 4 aromatic rings. The molecule has 1 N–H and O–H groups in total. The van der Waals surface area contributed by atoms with Gasteiger partial charge in [0.2, 0.25) is 0 Å². The van der Waals surface area contributed by atoms with Crippen LogP contribution in [0.5, 0.6) is 5.75 Å². The van der Waals surface area contributed by atoms with Crippen LogP contribution in [0.4, 0.5) is 0 Å². The van der Waals surface area contributed by atoms with Crippen molar-refractivity contribution in [1.29, 1.82) is 0 Å². The Morgan fingerprint density at radius 1 is 1.11 bits per heavy atom. The summed E-state index contributed by atoms with van der Waals surface area (Å²) < 4.78 is 2.95. The number of fused-ring (bicyclic) bond motifs is 3. The first-order valence-electron chi connectivity index (χ1n) is 9.14. The molecule has 8 heteroatoms. The van der Waals surface area contributed by atoms with Gasteiger partial charge in [0.05, 0.1) is 10.9 Å². The van der Waals surface area contributed by atoms with Crippen molar-refractivity contribution in [2.24, 2.45) is 0 Å². The molecule has 1 aliphatic carbocycles. The van der Waals surface area contributed by atoms with Gasteiger partial charge >= 0.3 is 0 Å². The van der Waals surface area contributed by atoms with E-state index in [0.717, 1.165) is 18.7 Å². The first-order valence-corrected chi connectivity index (χ1v) is 9.14. The van der Waals surface area contributed by atoms with Gasteiger partial charge in [-0.05, 0) is 31.0 Å². The fourth-order valence-corrected chi connectivity index (χ4v) is 3.81. The van der Waals surface area contributed by atoms with E-state index in [1.165, 1.54) is 42.3 Å². The van der Waals surface area contributed by atoms with Gasteiger partial charge in [-0.25, -0.2) is 9.97 Å². The van der Waals surface area contributed by atoms with Crippen LogP contribution in [0.15, 0.2) is 41.6 Å². The minimum absolute atomic E-state index is 0.0617. The average molecular weight is 362 g/mol. The summed E-state index contributed by atoms with van der Waals surface area (Å²) in [5.41, 5.74) is 0.330. The Hall–Kier alpha value is -3.29. The molecule has 0 atom stereocenters. The first kappa shape index (κ1) is 15.9. The van der Waals surface area contributed by atoms with Gasteiger partial charge in [0, 0.05) is 24.5 Å². The number of aromatic hydroxyl groups is 1. The third-order valence-electron chi connectivity index (χ3n) is 5.21. The van der Waals surface area contributed by atoms with Crippen molar-refractivity contribution in [3.63, 3.8) is 0 Å². The number of nitrogens with zero attached hydrogens (tertiary/aromatic N) is 6. The minimum atomic E-state index is -0.314. The zero-order valence-corrected chi connectivity index (χ0v) is 14.6. The predicted molar refractivity (Wildman–Crippen MR) is 99.2 cm³/mol. The minimum Gasteiger partial charge on any atom is -0.504 e. The Morgan fingerprint density at radius 2 is 1.96 bits per heavy atom. The average Bonchev–Trinajstić information content (AvgIpc) is 3.14. The van der Waals surface area contributed by atoms with Crippen LogP contribution in [0.3, 0.4) is 0 Å². The maximum atomic E-state index is 12.9. The molecule has 0 aliphatic heterocycles. The van der Waals surface area contributed by atoms with Gasteiger partial charge in [0.1, 0.15) is 0 Å². The smallest absolute Gasteiger partial charge is 0.267 e. The second-order valence-electron chi connectivity index (χ2n) is 6.91. The van der Waals surface area contributed by atoms with Gasteiger partial charge in [0.15, 0.2) is 17.4 Å². The Balaban J connectivity index is 1.68. The van der Waals surface area contributed by atoms with Crippen molar-refractivity contribution < 1.29 is 5.11 Å². The zero-order chi connectivity index (χ0) is 18.4. The highest BCUT2D eigenvalue weighted by Crippen LogP contribution is 2.31. The lowest BCUT2D eigenvalue weighted by atomic mass is 9.89. The van der Waals surface area contributed by atoms with Crippen molar-refractivity contribution >= 4 is 16.7 Å². The van der Waals surface area contributed by atoms with Crippen LogP contribution < -0.4 is 5.56 Å². The molecular weight excluding hydrogens is 344 g/mol. The molecule has 0 bridgehead atoms. The summed E-state index contributed by atoms with van der Waals surface area (Å²) in [6.45, 7) is 0. The SMILES string of the molecule is O=c1c2cnc3nc(C4CCCCC4)nn3c2ccn1-c1ncccc1O. The van der Waals surface area contributed by atoms with Gasteiger partial charge < -0.3 is 5.11 Å². The standard InChI is InChI=1S/C19H18N6O2/c26-15-7-4-9-20-17(15)24-10-8-14-13(18(24)27)11-21-19-22-16(23-25(14)19)12-5-2-1-3-6-12/h4,7-12,26H,1-3,5-6H2. The fourth-order valence-electron chi connectivity index (χ4n) is 3.81. The topological polar surface area (TPSA) is 98.2 Å². The maximum Gasteiger partial charge on any atom is 0.267 e. The summed E-state index contributed by atoms with van der Waals surface area (Å²) in [5, 5.41) is 15.1. The zero-order valence-electron chi connectivity index (χ0n) is 14.6. The van der Waals surface area contributed by atoms with Gasteiger partial charge in [-0.3, -0.25) is 9.36 Å². The lowest BCUT2D eigenvalue weighted by Gasteiger charge is -2.17. The largest absolute Gasteiger partial charge is 0.504 e. The third kappa shape index (κ3) is 2.56. The number of hydrogen-bond acceptors (Lipinski definition) is 6. The second-order valence-corrected chi connectivity index (χ2v) is 6.91. The Kier molecular flexibility index (Phi) is 3.63. The van der Waals surface area contributed by atoms with E-state index in [0.29, 0.717) is 22.6 Å². The molecule has 4 aromatic heterocycles. The van der Waals surface area contributed by atoms with Crippen LogP contribution >= 0.6 is 0 Å². The molecule has 136 valence electrons. The normalized spacial score (nSPS) is 15.6. The van der Waals surface area contributed by atoms with E-state index in [2.05, 4.69) is 20.1 Å². The van der Waals surface area contributed by atoms with Crippen LogP contribution in [0.25, 0.3) is 22.5 Å². The Morgan fingerprint density at radius 3 is 2.78 bits per heavy atom. The monoisotopic (exact) mass is 362 g/mol. The van der Waals surface area contributed by atoms with E-state index in [4.69, 9.17) is 0 Å². The fraction of sp³-hybridized carbons (Fsp3) is 0.316. The molecule has 0 unspecified atom stereocenters. The molecule has 5 rings (SSSR count). The van der Waals surface area contributed by atoms with E-state index in [9.17, 15) is 9.90 Å². The van der Waals surface area contributed by atoms with E-state index in [1.807, 2.05) is 0 Å². The number of aromatic nitrogens is 6. The van der Waals surface area contributed by atoms with Crippen molar-refractivity contribution in [3.8, 4) is 11.6 Å². The van der Waals surface area contributed by atoms with Crippen LogP contribution in [0.2, 0.25) is 0 Å². The lowest BCUT2D eigenvalue weighted by Crippen LogP contribution is -2.19. The van der Waals surface area contributed by atoms with Crippen LogP contribution in [0.1, 0.15) is 43.8 Å². The maximum absolute atomic E-state index is 12.9. The molecular formula is C19H18N6O2. The summed E-state index contributed by atoms with van der Waals surface area (Å²) in [6.07, 6.45) is 10.5. The molecule has 8 nitrogen and oxygen atoms in total. The molecule has 0 radical (unpaired) electrons. The third-order valence-corrected chi connectivity index (χ3v) is 5.21. The van der Waals surface area contributed by atoms with E-state index >= 15 is 0 Å². The summed E-state index contributed by atoms with van der Waals surface area (Å²) in [6, 6.07) is 4.88.